The van der Waals surface area contributed by atoms with Gasteiger partial charge in [-0.25, -0.2) is 9.18 Å². The van der Waals surface area contributed by atoms with E-state index in [0.29, 0.717) is 19.5 Å². The van der Waals surface area contributed by atoms with Gasteiger partial charge in [0.2, 0.25) is 5.91 Å². The first-order chi connectivity index (χ1) is 10.7. The van der Waals surface area contributed by atoms with Crippen LogP contribution in [0.3, 0.4) is 0 Å². The van der Waals surface area contributed by atoms with Crippen LogP contribution in [0.2, 0.25) is 0 Å². The average molecular weight is 322 g/mol. The fourth-order valence-electron chi connectivity index (χ4n) is 2.47. The van der Waals surface area contributed by atoms with Crippen molar-refractivity contribution in [3.63, 3.8) is 0 Å². The van der Waals surface area contributed by atoms with E-state index >= 15 is 0 Å². The van der Waals surface area contributed by atoms with Crippen molar-refractivity contribution in [2.45, 2.75) is 45.3 Å². The van der Waals surface area contributed by atoms with Crippen LogP contribution >= 0.6 is 0 Å². The molecule has 1 heterocycles. The van der Waals surface area contributed by atoms with E-state index in [1.165, 1.54) is 12.1 Å². The molecule has 0 aromatic heterocycles. The minimum atomic E-state index is -0.541. The summed E-state index contributed by atoms with van der Waals surface area (Å²) in [5.74, 6) is -0.339. The number of hydrogen-bond donors (Lipinski definition) is 1. The molecule has 1 atom stereocenters. The van der Waals surface area contributed by atoms with Crippen molar-refractivity contribution < 1.29 is 18.7 Å². The molecule has 0 unspecified atom stereocenters. The molecule has 2 rings (SSSR count). The zero-order chi connectivity index (χ0) is 17.0. The van der Waals surface area contributed by atoms with E-state index in [1.54, 1.807) is 37.8 Å². The Morgan fingerprint density at radius 1 is 1.30 bits per heavy atom. The number of benzene rings is 1. The number of carbonyl (C=O) groups excluding carboxylic acids is 2. The van der Waals surface area contributed by atoms with Crippen LogP contribution < -0.4 is 5.32 Å². The highest BCUT2D eigenvalue weighted by atomic mass is 19.1. The number of nitrogens with zero attached hydrogens (tertiary/aromatic N) is 1. The number of nitrogens with one attached hydrogen (secondary N) is 1. The van der Waals surface area contributed by atoms with Crippen molar-refractivity contribution in [3.05, 3.63) is 35.6 Å². The van der Waals surface area contributed by atoms with Crippen molar-refractivity contribution in [2.75, 3.05) is 13.1 Å². The molecular formula is C17H23FN2O3. The summed E-state index contributed by atoms with van der Waals surface area (Å²) in [5.41, 5.74) is 0.237. The second-order valence-corrected chi connectivity index (χ2v) is 6.77. The highest BCUT2D eigenvalue weighted by Crippen LogP contribution is 2.14. The second kappa shape index (κ2) is 6.98. The number of likely N-dealkylation sites (tertiary alicyclic amines) is 1. The zero-order valence-electron chi connectivity index (χ0n) is 13.8. The second-order valence-electron chi connectivity index (χ2n) is 6.77. The van der Waals surface area contributed by atoms with Gasteiger partial charge in [-0.15, -0.1) is 0 Å². The number of carbonyl (C=O) groups is 2. The molecule has 1 aliphatic rings. The van der Waals surface area contributed by atoms with Crippen LogP contribution in [-0.4, -0.2) is 41.6 Å². The molecule has 0 aliphatic carbocycles. The smallest absolute Gasteiger partial charge is 0.407 e. The van der Waals surface area contributed by atoms with Crippen molar-refractivity contribution in [3.8, 4) is 0 Å². The lowest BCUT2D eigenvalue weighted by Gasteiger charge is -2.22. The zero-order valence-corrected chi connectivity index (χ0v) is 13.8. The van der Waals surface area contributed by atoms with Gasteiger partial charge >= 0.3 is 6.09 Å². The molecule has 0 radical (unpaired) electrons. The third-order valence-corrected chi connectivity index (χ3v) is 3.53. The molecule has 1 fully saturated rings. The minimum Gasteiger partial charge on any atom is -0.444 e. The predicted octanol–water partition coefficient (Wildman–Crippen LogP) is 2.49. The van der Waals surface area contributed by atoms with Gasteiger partial charge in [0.05, 0.1) is 12.5 Å². The summed E-state index contributed by atoms with van der Waals surface area (Å²) in [7, 11) is 0. The van der Waals surface area contributed by atoms with Gasteiger partial charge in [0.1, 0.15) is 11.4 Å². The fraction of sp³-hybridized carbons (Fsp3) is 0.529. The Balaban J connectivity index is 1.81. The molecule has 5 nitrogen and oxygen atoms in total. The summed E-state index contributed by atoms with van der Waals surface area (Å²) in [5, 5.41) is 2.79. The van der Waals surface area contributed by atoms with Gasteiger partial charge in [-0.2, -0.15) is 0 Å². The predicted molar refractivity (Wildman–Crippen MR) is 84.5 cm³/mol. The summed E-state index contributed by atoms with van der Waals surface area (Å²) in [4.78, 5) is 25.7. The highest BCUT2D eigenvalue weighted by molar-refractivity contribution is 5.79. The normalized spacial score (nSPS) is 17.9. The van der Waals surface area contributed by atoms with E-state index in [1.807, 2.05) is 0 Å². The van der Waals surface area contributed by atoms with Crippen molar-refractivity contribution in [1.82, 2.24) is 10.2 Å². The summed E-state index contributed by atoms with van der Waals surface area (Å²) in [6, 6.07) is 5.82. The van der Waals surface area contributed by atoms with Crippen molar-refractivity contribution in [2.24, 2.45) is 0 Å². The maximum atomic E-state index is 12.9. The number of hydrogen-bond acceptors (Lipinski definition) is 3. The quantitative estimate of drug-likeness (QED) is 0.930. The molecule has 6 heteroatoms. The molecule has 1 aromatic carbocycles. The Kier molecular flexibility index (Phi) is 5.23. The number of ether oxygens (including phenoxy) is 1. The molecule has 1 saturated heterocycles. The first kappa shape index (κ1) is 17.2. The van der Waals surface area contributed by atoms with Crippen LogP contribution in [0.15, 0.2) is 24.3 Å². The average Bonchev–Trinajstić information content (AvgIpc) is 2.87. The Morgan fingerprint density at radius 3 is 2.57 bits per heavy atom. The van der Waals surface area contributed by atoms with Crippen LogP contribution in [0.1, 0.15) is 32.8 Å². The van der Waals surface area contributed by atoms with Crippen molar-refractivity contribution in [1.29, 1.82) is 0 Å². The molecule has 1 aliphatic heterocycles. The van der Waals surface area contributed by atoms with Gasteiger partial charge in [0.25, 0.3) is 0 Å². The van der Waals surface area contributed by atoms with Crippen molar-refractivity contribution >= 4 is 12.0 Å². The topological polar surface area (TPSA) is 58.6 Å². The van der Waals surface area contributed by atoms with E-state index in [0.717, 1.165) is 5.56 Å². The maximum Gasteiger partial charge on any atom is 0.407 e. The highest BCUT2D eigenvalue weighted by Gasteiger charge is 2.28. The lowest BCUT2D eigenvalue weighted by molar-refractivity contribution is -0.129. The van der Waals surface area contributed by atoms with E-state index in [-0.39, 0.29) is 24.2 Å². The van der Waals surface area contributed by atoms with Gasteiger partial charge < -0.3 is 15.0 Å². The standard InChI is InChI=1S/C17H23FN2O3/c1-17(2,3)23-16(22)19-14-8-9-20(11-14)15(21)10-12-4-6-13(18)7-5-12/h4-7,14H,8-11H2,1-3H3,(H,19,22)/t14-/m0/s1. The number of alkyl carbamates (subject to hydrolysis) is 1. The first-order valence-electron chi connectivity index (χ1n) is 7.75. The van der Waals surface area contributed by atoms with E-state index < -0.39 is 11.7 Å². The molecule has 126 valence electrons. The summed E-state index contributed by atoms with van der Waals surface area (Å²) >= 11 is 0. The SMILES string of the molecule is CC(C)(C)OC(=O)N[C@H]1CCN(C(=O)Cc2ccc(F)cc2)C1. The van der Waals surface area contributed by atoms with Crippen LogP contribution in [0.5, 0.6) is 0 Å². The summed E-state index contributed by atoms with van der Waals surface area (Å²) < 4.78 is 18.1. The van der Waals surface area contributed by atoms with Crippen LogP contribution in [-0.2, 0) is 16.0 Å². The summed E-state index contributed by atoms with van der Waals surface area (Å²) in [6.45, 7) is 6.49. The molecule has 0 spiro atoms. The summed E-state index contributed by atoms with van der Waals surface area (Å²) in [6.07, 6.45) is 0.476. The van der Waals surface area contributed by atoms with Gasteiger partial charge in [0, 0.05) is 13.1 Å². The Labute approximate surface area is 135 Å². The molecule has 23 heavy (non-hydrogen) atoms. The molecule has 0 bridgehead atoms. The Hall–Kier alpha value is -2.11. The molecule has 2 amide bonds. The minimum absolute atomic E-state index is 0.0231. The molecule has 0 saturated carbocycles. The monoisotopic (exact) mass is 322 g/mol. The van der Waals surface area contributed by atoms with Gasteiger partial charge in [0.15, 0.2) is 0 Å². The third kappa shape index (κ3) is 5.54. The fourth-order valence-corrected chi connectivity index (χ4v) is 2.47. The van der Waals surface area contributed by atoms with Gasteiger partial charge in [-0.1, -0.05) is 12.1 Å². The lowest BCUT2D eigenvalue weighted by Crippen LogP contribution is -2.41. The number of rotatable bonds is 3. The number of amides is 2. The first-order valence-corrected chi connectivity index (χ1v) is 7.75. The van der Waals surface area contributed by atoms with Gasteiger partial charge in [-0.05, 0) is 44.9 Å². The Morgan fingerprint density at radius 2 is 1.96 bits per heavy atom. The third-order valence-electron chi connectivity index (χ3n) is 3.53. The molecule has 1 aromatic rings. The van der Waals surface area contributed by atoms with Crippen LogP contribution in [0, 0.1) is 5.82 Å². The van der Waals surface area contributed by atoms with Crippen LogP contribution in [0.4, 0.5) is 9.18 Å². The lowest BCUT2D eigenvalue weighted by atomic mass is 10.1. The largest absolute Gasteiger partial charge is 0.444 e. The van der Waals surface area contributed by atoms with E-state index in [9.17, 15) is 14.0 Å². The Bertz CT molecular complexity index is 566. The van der Waals surface area contributed by atoms with Gasteiger partial charge in [-0.3, -0.25) is 4.79 Å². The number of halogens is 1. The van der Waals surface area contributed by atoms with Crippen LogP contribution in [0.25, 0.3) is 0 Å². The van der Waals surface area contributed by atoms with E-state index in [4.69, 9.17) is 4.74 Å². The molecule has 1 N–H and O–H groups in total. The van der Waals surface area contributed by atoms with E-state index in [2.05, 4.69) is 5.32 Å². The maximum absolute atomic E-state index is 12.9. The molecular weight excluding hydrogens is 299 g/mol.